The van der Waals surface area contributed by atoms with E-state index in [1.807, 2.05) is 6.92 Å². The first kappa shape index (κ1) is 18.2. The lowest BCUT2D eigenvalue weighted by Gasteiger charge is -2.33. The van der Waals surface area contributed by atoms with Gasteiger partial charge in [0.1, 0.15) is 5.69 Å². The number of ether oxygens (including phenoxy) is 1. The molecule has 0 radical (unpaired) electrons. The van der Waals surface area contributed by atoms with Crippen molar-refractivity contribution < 1.29 is 19.4 Å². The number of amides is 1. The lowest BCUT2D eigenvalue weighted by molar-refractivity contribution is -0.150. The Morgan fingerprint density at radius 1 is 1.42 bits per heavy atom. The van der Waals surface area contributed by atoms with Gasteiger partial charge < -0.3 is 20.5 Å². The summed E-state index contributed by atoms with van der Waals surface area (Å²) in [5.41, 5.74) is 0.624. The number of imidazole rings is 1. The predicted molar refractivity (Wildman–Crippen MR) is 95.6 cm³/mol. The molecular weight excluding hydrogens is 336 g/mol. The third kappa shape index (κ3) is 3.24. The van der Waals surface area contributed by atoms with Gasteiger partial charge in [-0.1, -0.05) is 0 Å². The van der Waals surface area contributed by atoms with E-state index in [1.54, 1.807) is 29.7 Å². The zero-order chi connectivity index (χ0) is 18.7. The van der Waals surface area contributed by atoms with Crippen LogP contribution in [0.15, 0.2) is 18.3 Å². The summed E-state index contributed by atoms with van der Waals surface area (Å²) in [5.74, 6) is -0.590. The van der Waals surface area contributed by atoms with Crippen LogP contribution in [0.1, 0.15) is 35.9 Å². The molecule has 1 aliphatic heterocycles. The standard InChI is InChI=1S/C18H24N4O4/c1-3-26-13-5-4-10-22-14(12(2)21-15(13)22)16(23)20-11-18(17(24)25)6-8-19-9-7-18/h4-5,10,19H,3,6-9,11H2,1-2H3,(H,20,23)(H,24,25). The van der Waals surface area contributed by atoms with Crippen molar-refractivity contribution in [2.75, 3.05) is 26.2 Å². The number of aliphatic carboxylic acids is 1. The first-order valence-electron chi connectivity index (χ1n) is 8.81. The molecule has 26 heavy (non-hydrogen) atoms. The smallest absolute Gasteiger partial charge is 0.311 e. The van der Waals surface area contributed by atoms with E-state index in [4.69, 9.17) is 4.74 Å². The summed E-state index contributed by atoms with van der Waals surface area (Å²) in [5, 5.41) is 15.6. The highest BCUT2D eigenvalue weighted by Crippen LogP contribution is 2.28. The molecule has 0 saturated carbocycles. The molecule has 2 aromatic rings. The SMILES string of the molecule is CCOc1cccn2c(C(=O)NCC3(C(=O)O)CCNCC3)c(C)nc12. The lowest BCUT2D eigenvalue weighted by Crippen LogP contribution is -2.49. The molecule has 1 aliphatic rings. The zero-order valence-corrected chi connectivity index (χ0v) is 15.0. The van der Waals surface area contributed by atoms with Crippen molar-refractivity contribution in [3.05, 3.63) is 29.7 Å². The third-order valence-corrected chi connectivity index (χ3v) is 4.91. The third-order valence-electron chi connectivity index (χ3n) is 4.91. The lowest BCUT2D eigenvalue weighted by atomic mass is 9.79. The molecule has 8 nitrogen and oxygen atoms in total. The number of aromatic nitrogens is 2. The maximum Gasteiger partial charge on any atom is 0.311 e. The van der Waals surface area contributed by atoms with E-state index < -0.39 is 11.4 Å². The summed E-state index contributed by atoms with van der Waals surface area (Å²) in [6.45, 7) is 5.51. The Hall–Kier alpha value is -2.61. The van der Waals surface area contributed by atoms with Gasteiger partial charge in [0.2, 0.25) is 0 Å². The summed E-state index contributed by atoms with van der Waals surface area (Å²) < 4.78 is 7.26. The van der Waals surface area contributed by atoms with E-state index >= 15 is 0 Å². The minimum atomic E-state index is -0.925. The van der Waals surface area contributed by atoms with Gasteiger partial charge in [-0.2, -0.15) is 0 Å². The monoisotopic (exact) mass is 360 g/mol. The Morgan fingerprint density at radius 3 is 2.81 bits per heavy atom. The number of piperidine rings is 1. The Morgan fingerprint density at radius 2 is 2.15 bits per heavy atom. The van der Waals surface area contributed by atoms with Crippen LogP contribution in [-0.2, 0) is 4.79 Å². The number of hydrogen-bond acceptors (Lipinski definition) is 5. The molecule has 1 fully saturated rings. The molecule has 0 aromatic carbocycles. The van der Waals surface area contributed by atoms with E-state index in [0.717, 1.165) is 0 Å². The number of nitrogens with zero attached hydrogens (tertiary/aromatic N) is 2. The second kappa shape index (κ2) is 7.33. The zero-order valence-electron chi connectivity index (χ0n) is 15.0. The van der Waals surface area contributed by atoms with Gasteiger partial charge >= 0.3 is 5.97 Å². The highest BCUT2D eigenvalue weighted by atomic mass is 16.5. The Labute approximate surface area is 151 Å². The number of pyridine rings is 1. The van der Waals surface area contributed by atoms with Gasteiger partial charge in [0.25, 0.3) is 5.91 Å². The molecule has 3 N–H and O–H groups in total. The molecule has 0 atom stereocenters. The van der Waals surface area contributed by atoms with Gasteiger partial charge in [-0.05, 0) is 51.9 Å². The molecule has 0 aliphatic carbocycles. The number of aryl methyl sites for hydroxylation is 1. The maximum atomic E-state index is 12.8. The van der Waals surface area contributed by atoms with Gasteiger partial charge in [0.15, 0.2) is 11.4 Å². The molecule has 2 aromatic heterocycles. The van der Waals surface area contributed by atoms with E-state index in [9.17, 15) is 14.7 Å². The number of nitrogens with one attached hydrogen (secondary N) is 2. The van der Waals surface area contributed by atoms with Crippen molar-refractivity contribution in [2.45, 2.75) is 26.7 Å². The van der Waals surface area contributed by atoms with E-state index in [1.165, 1.54) is 0 Å². The van der Waals surface area contributed by atoms with Gasteiger partial charge in [-0.3, -0.25) is 14.0 Å². The number of carbonyl (C=O) groups excluding carboxylic acids is 1. The van der Waals surface area contributed by atoms with Crippen LogP contribution in [0.5, 0.6) is 5.75 Å². The predicted octanol–water partition coefficient (Wildman–Crippen LogP) is 1.23. The summed E-state index contributed by atoms with van der Waals surface area (Å²) >= 11 is 0. The fourth-order valence-corrected chi connectivity index (χ4v) is 3.40. The summed E-state index contributed by atoms with van der Waals surface area (Å²) in [4.78, 5) is 29.0. The second-order valence-electron chi connectivity index (χ2n) is 6.56. The average molecular weight is 360 g/mol. The molecule has 3 heterocycles. The molecule has 0 spiro atoms. The molecule has 8 heteroatoms. The number of hydrogen-bond donors (Lipinski definition) is 3. The van der Waals surface area contributed by atoms with Crippen LogP contribution in [0.25, 0.3) is 5.65 Å². The quantitative estimate of drug-likeness (QED) is 0.716. The normalized spacial score (nSPS) is 16.4. The van der Waals surface area contributed by atoms with Gasteiger partial charge in [0.05, 0.1) is 17.7 Å². The van der Waals surface area contributed by atoms with Crippen LogP contribution in [0.3, 0.4) is 0 Å². The van der Waals surface area contributed by atoms with Crippen molar-refractivity contribution in [3.63, 3.8) is 0 Å². The van der Waals surface area contributed by atoms with Crippen LogP contribution in [0.2, 0.25) is 0 Å². The molecule has 0 unspecified atom stereocenters. The number of rotatable bonds is 6. The molecule has 3 rings (SSSR count). The van der Waals surface area contributed by atoms with Crippen molar-refractivity contribution in [3.8, 4) is 5.75 Å². The Bertz CT molecular complexity index is 824. The highest BCUT2D eigenvalue weighted by molar-refractivity contribution is 5.95. The second-order valence-corrected chi connectivity index (χ2v) is 6.56. The van der Waals surface area contributed by atoms with Crippen LogP contribution >= 0.6 is 0 Å². The highest BCUT2D eigenvalue weighted by Gasteiger charge is 2.40. The molecule has 140 valence electrons. The van der Waals surface area contributed by atoms with Gasteiger partial charge in [-0.15, -0.1) is 0 Å². The van der Waals surface area contributed by atoms with Gasteiger partial charge in [-0.25, -0.2) is 4.98 Å². The first-order chi connectivity index (χ1) is 12.5. The molecule has 1 amide bonds. The molecular formula is C18H24N4O4. The minimum absolute atomic E-state index is 0.0979. The first-order valence-corrected chi connectivity index (χ1v) is 8.81. The largest absolute Gasteiger partial charge is 0.490 e. The fourth-order valence-electron chi connectivity index (χ4n) is 3.40. The number of carbonyl (C=O) groups is 2. The minimum Gasteiger partial charge on any atom is -0.490 e. The summed E-state index contributed by atoms with van der Waals surface area (Å²) in [6.07, 6.45) is 2.73. The number of carboxylic acids is 1. The molecule has 0 bridgehead atoms. The summed E-state index contributed by atoms with van der Waals surface area (Å²) in [7, 11) is 0. The van der Waals surface area contributed by atoms with E-state index in [2.05, 4.69) is 15.6 Å². The summed E-state index contributed by atoms with van der Waals surface area (Å²) in [6, 6.07) is 3.60. The van der Waals surface area contributed by atoms with Crippen LogP contribution < -0.4 is 15.4 Å². The average Bonchev–Trinajstić information content (AvgIpc) is 2.97. The van der Waals surface area contributed by atoms with Gasteiger partial charge in [0, 0.05) is 12.7 Å². The number of carboxylic acid groups (broad SMARTS) is 1. The van der Waals surface area contributed by atoms with Crippen molar-refractivity contribution in [1.82, 2.24) is 20.0 Å². The van der Waals surface area contributed by atoms with E-state index in [0.29, 0.717) is 55.3 Å². The fraction of sp³-hybridized carbons (Fsp3) is 0.500. The van der Waals surface area contributed by atoms with E-state index in [-0.39, 0.29) is 12.5 Å². The van der Waals surface area contributed by atoms with Crippen LogP contribution in [0.4, 0.5) is 0 Å². The Kier molecular flexibility index (Phi) is 5.13. The maximum absolute atomic E-state index is 12.8. The van der Waals surface area contributed by atoms with Crippen molar-refractivity contribution in [2.24, 2.45) is 5.41 Å². The van der Waals surface area contributed by atoms with Crippen LogP contribution in [0, 0.1) is 12.3 Å². The van der Waals surface area contributed by atoms with Crippen molar-refractivity contribution in [1.29, 1.82) is 0 Å². The van der Waals surface area contributed by atoms with Crippen LogP contribution in [-0.4, -0.2) is 52.6 Å². The molecule has 1 saturated heterocycles. The number of fused-ring (bicyclic) bond motifs is 1. The Balaban J connectivity index is 1.85. The topological polar surface area (TPSA) is 105 Å². The van der Waals surface area contributed by atoms with Crippen molar-refractivity contribution >= 4 is 17.5 Å².